The van der Waals surface area contributed by atoms with Crippen molar-refractivity contribution >= 4 is 5.82 Å². The summed E-state index contributed by atoms with van der Waals surface area (Å²) in [5, 5.41) is 12.0. The largest absolute Gasteiger partial charge is 0.355 e. The van der Waals surface area contributed by atoms with Crippen molar-refractivity contribution in [3.05, 3.63) is 17.8 Å². The van der Waals surface area contributed by atoms with Crippen molar-refractivity contribution in [2.24, 2.45) is 5.92 Å². The minimum Gasteiger partial charge on any atom is -0.355 e. The van der Waals surface area contributed by atoms with Crippen LogP contribution in [0.15, 0.2) is 12.1 Å². The fourth-order valence-corrected chi connectivity index (χ4v) is 2.25. The zero-order valence-electron chi connectivity index (χ0n) is 11.5. The van der Waals surface area contributed by atoms with E-state index in [9.17, 15) is 0 Å². The first-order valence-corrected chi connectivity index (χ1v) is 7.08. The van der Waals surface area contributed by atoms with Gasteiger partial charge in [0.05, 0.1) is 5.69 Å². The number of hydrogen-bond donors (Lipinski definition) is 1. The van der Waals surface area contributed by atoms with Gasteiger partial charge in [0.25, 0.3) is 0 Å². The Labute approximate surface area is 110 Å². The van der Waals surface area contributed by atoms with Crippen LogP contribution < -0.4 is 10.2 Å². The fraction of sp³-hybridized carbons (Fsp3) is 0.714. The summed E-state index contributed by atoms with van der Waals surface area (Å²) in [7, 11) is 0. The summed E-state index contributed by atoms with van der Waals surface area (Å²) < 4.78 is 0. The van der Waals surface area contributed by atoms with Crippen molar-refractivity contribution in [3.8, 4) is 0 Å². The first-order chi connectivity index (χ1) is 8.79. The average molecular weight is 248 g/mol. The summed E-state index contributed by atoms with van der Waals surface area (Å²) >= 11 is 0. The van der Waals surface area contributed by atoms with Gasteiger partial charge >= 0.3 is 0 Å². The van der Waals surface area contributed by atoms with Crippen molar-refractivity contribution in [2.75, 3.05) is 24.5 Å². The average Bonchev–Trinajstić information content (AvgIpc) is 2.41. The summed E-state index contributed by atoms with van der Waals surface area (Å²) in [4.78, 5) is 2.34. The number of piperidine rings is 1. The van der Waals surface area contributed by atoms with E-state index in [1.165, 1.54) is 12.8 Å². The van der Waals surface area contributed by atoms with E-state index in [1.807, 2.05) is 0 Å². The Kier molecular flexibility index (Phi) is 4.93. The van der Waals surface area contributed by atoms with Crippen LogP contribution in [0.25, 0.3) is 0 Å². The third-order valence-corrected chi connectivity index (χ3v) is 3.55. The van der Waals surface area contributed by atoms with Gasteiger partial charge in [0.15, 0.2) is 5.82 Å². The third-order valence-electron chi connectivity index (χ3n) is 3.55. The maximum atomic E-state index is 4.34. The van der Waals surface area contributed by atoms with E-state index >= 15 is 0 Å². The van der Waals surface area contributed by atoms with Crippen LogP contribution in [0.4, 0.5) is 5.82 Å². The van der Waals surface area contributed by atoms with E-state index in [0.717, 1.165) is 50.0 Å². The Morgan fingerprint density at radius 1 is 1.28 bits per heavy atom. The van der Waals surface area contributed by atoms with Crippen LogP contribution in [-0.4, -0.2) is 29.8 Å². The summed E-state index contributed by atoms with van der Waals surface area (Å²) in [6, 6.07) is 4.19. The minimum absolute atomic E-state index is 0.818. The van der Waals surface area contributed by atoms with E-state index in [-0.39, 0.29) is 0 Å². The molecule has 1 N–H and O–H groups in total. The molecule has 1 saturated heterocycles. The van der Waals surface area contributed by atoms with Gasteiger partial charge in [-0.2, -0.15) is 5.10 Å². The Morgan fingerprint density at radius 3 is 2.67 bits per heavy atom. The standard InChI is InChI=1S/C14H24N4/c1-3-8-15-11-13-4-5-14(17-16-13)18-9-6-12(2)7-10-18/h4-5,12,15H,3,6-11H2,1-2H3. The molecular weight excluding hydrogens is 224 g/mol. The molecule has 0 unspecified atom stereocenters. The molecule has 2 heterocycles. The quantitative estimate of drug-likeness (QED) is 0.811. The van der Waals surface area contributed by atoms with Crippen molar-refractivity contribution in [3.63, 3.8) is 0 Å². The topological polar surface area (TPSA) is 41.0 Å². The van der Waals surface area contributed by atoms with Crippen molar-refractivity contribution in [1.82, 2.24) is 15.5 Å². The molecule has 2 rings (SSSR count). The van der Waals surface area contributed by atoms with Crippen LogP contribution in [0.1, 0.15) is 38.8 Å². The van der Waals surface area contributed by atoms with E-state index < -0.39 is 0 Å². The molecule has 1 aliphatic heterocycles. The summed E-state index contributed by atoms with van der Waals surface area (Å²) in [6.07, 6.45) is 3.68. The van der Waals surface area contributed by atoms with Gasteiger partial charge in [0, 0.05) is 19.6 Å². The molecule has 0 atom stereocenters. The number of nitrogens with one attached hydrogen (secondary N) is 1. The summed E-state index contributed by atoms with van der Waals surface area (Å²) in [6.45, 7) is 8.57. The molecule has 0 amide bonds. The maximum Gasteiger partial charge on any atom is 0.151 e. The molecule has 1 aliphatic rings. The Morgan fingerprint density at radius 2 is 2.06 bits per heavy atom. The highest BCUT2D eigenvalue weighted by Gasteiger charge is 2.16. The molecule has 0 spiro atoms. The second-order valence-electron chi connectivity index (χ2n) is 5.23. The first-order valence-electron chi connectivity index (χ1n) is 7.08. The Hall–Kier alpha value is -1.16. The summed E-state index contributed by atoms with van der Waals surface area (Å²) in [5.74, 6) is 1.88. The Bertz CT molecular complexity index is 341. The second kappa shape index (κ2) is 6.69. The molecule has 0 aromatic carbocycles. The lowest BCUT2D eigenvalue weighted by molar-refractivity contribution is 0.435. The van der Waals surface area contributed by atoms with Crippen LogP contribution >= 0.6 is 0 Å². The second-order valence-corrected chi connectivity index (χ2v) is 5.23. The fourth-order valence-electron chi connectivity index (χ4n) is 2.25. The number of nitrogens with zero attached hydrogens (tertiary/aromatic N) is 3. The molecular formula is C14H24N4. The number of anilines is 1. The van der Waals surface area contributed by atoms with Gasteiger partial charge in [-0.05, 0) is 43.9 Å². The predicted molar refractivity (Wildman–Crippen MR) is 74.6 cm³/mol. The van der Waals surface area contributed by atoms with Crippen LogP contribution in [-0.2, 0) is 6.54 Å². The van der Waals surface area contributed by atoms with Crippen LogP contribution in [0.3, 0.4) is 0 Å². The monoisotopic (exact) mass is 248 g/mol. The highest BCUT2D eigenvalue weighted by atomic mass is 15.3. The van der Waals surface area contributed by atoms with E-state index in [4.69, 9.17) is 0 Å². The van der Waals surface area contributed by atoms with Gasteiger partial charge in [-0.3, -0.25) is 0 Å². The normalized spacial score (nSPS) is 17.1. The molecule has 0 bridgehead atoms. The lowest BCUT2D eigenvalue weighted by Crippen LogP contribution is -2.33. The number of rotatable bonds is 5. The van der Waals surface area contributed by atoms with E-state index in [0.29, 0.717) is 0 Å². The molecule has 100 valence electrons. The third kappa shape index (κ3) is 3.67. The van der Waals surface area contributed by atoms with Crippen molar-refractivity contribution < 1.29 is 0 Å². The smallest absolute Gasteiger partial charge is 0.151 e. The van der Waals surface area contributed by atoms with Crippen LogP contribution in [0.2, 0.25) is 0 Å². The SMILES string of the molecule is CCCNCc1ccc(N2CCC(C)CC2)nn1. The van der Waals surface area contributed by atoms with Crippen molar-refractivity contribution in [2.45, 2.75) is 39.7 Å². The van der Waals surface area contributed by atoms with Crippen LogP contribution in [0, 0.1) is 5.92 Å². The first kappa shape index (κ1) is 13.3. The van der Waals surface area contributed by atoms with E-state index in [1.54, 1.807) is 0 Å². The molecule has 1 aromatic rings. The predicted octanol–water partition coefficient (Wildman–Crippen LogP) is 2.21. The van der Waals surface area contributed by atoms with Gasteiger partial charge in [0.1, 0.15) is 0 Å². The van der Waals surface area contributed by atoms with Gasteiger partial charge in [0.2, 0.25) is 0 Å². The molecule has 1 fully saturated rings. The molecule has 4 heteroatoms. The maximum absolute atomic E-state index is 4.34. The number of aromatic nitrogens is 2. The molecule has 4 nitrogen and oxygen atoms in total. The van der Waals surface area contributed by atoms with Gasteiger partial charge in [-0.15, -0.1) is 5.10 Å². The van der Waals surface area contributed by atoms with Gasteiger partial charge in [-0.1, -0.05) is 13.8 Å². The van der Waals surface area contributed by atoms with Gasteiger partial charge in [-0.25, -0.2) is 0 Å². The minimum atomic E-state index is 0.818. The highest BCUT2D eigenvalue weighted by molar-refractivity contribution is 5.37. The Balaban J connectivity index is 1.87. The summed E-state index contributed by atoms with van der Waals surface area (Å²) in [5.41, 5.74) is 1.03. The zero-order valence-corrected chi connectivity index (χ0v) is 11.5. The van der Waals surface area contributed by atoms with Crippen molar-refractivity contribution in [1.29, 1.82) is 0 Å². The molecule has 0 radical (unpaired) electrons. The van der Waals surface area contributed by atoms with E-state index in [2.05, 4.69) is 46.4 Å². The zero-order chi connectivity index (χ0) is 12.8. The number of hydrogen-bond acceptors (Lipinski definition) is 4. The van der Waals surface area contributed by atoms with Crippen LogP contribution in [0.5, 0.6) is 0 Å². The molecule has 1 aromatic heterocycles. The highest BCUT2D eigenvalue weighted by Crippen LogP contribution is 2.20. The molecule has 0 saturated carbocycles. The molecule has 18 heavy (non-hydrogen) atoms. The lowest BCUT2D eigenvalue weighted by atomic mass is 9.99. The molecule has 0 aliphatic carbocycles. The van der Waals surface area contributed by atoms with Gasteiger partial charge < -0.3 is 10.2 Å². The lowest BCUT2D eigenvalue weighted by Gasteiger charge is -2.30.